The molecule has 31 heavy (non-hydrogen) atoms. The van der Waals surface area contributed by atoms with E-state index in [1.165, 1.54) is 5.75 Å². The molecule has 9 nitrogen and oxygen atoms in total. The fourth-order valence-electron chi connectivity index (χ4n) is 4.30. The Bertz CT molecular complexity index is 857. The van der Waals surface area contributed by atoms with Crippen molar-refractivity contribution in [3.8, 4) is 0 Å². The number of nitrogens with one attached hydrogen (secondary N) is 1. The van der Waals surface area contributed by atoms with Crippen LogP contribution in [0.3, 0.4) is 0 Å². The number of aromatic nitrogens is 3. The molecular weight excluding hydrogens is 456 g/mol. The van der Waals surface area contributed by atoms with Crippen molar-refractivity contribution in [3.63, 3.8) is 0 Å². The van der Waals surface area contributed by atoms with Crippen molar-refractivity contribution >= 4 is 45.4 Å². The van der Waals surface area contributed by atoms with E-state index in [1.54, 1.807) is 6.92 Å². The van der Waals surface area contributed by atoms with Crippen LogP contribution in [0.15, 0.2) is 0 Å². The van der Waals surface area contributed by atoms with Crippen LogP contribution in [-0.4, -0.2) is 94.5 Å². The summed E-state index contributed by atoms with van der Waals surface area (Å²) in [6, 6.07) is -0.0476. The van der Waals surface area contributed by atoms with Gasteiger partial charge in [-0.25, -0.2) is 13.1 Å². The van der Waals surface area contributed by atoms with E-state index >= 15 is 0 Å². The standard InChI is InChI=1S/C19H32N6O3S3/c1-2-31(27,28)22-15-5-9-24(10-6-15)19-21-20-17(18(26)23-7-3-4-8-23)25(19)13-16-14-29-11-12-30-16/h15-16,22H,2-14H2,1H3. The molecule has 0 spiro atoms. The van der Waals surface area contributed by atoms with Crippen molar-refractivity contribution in [2.45, 2.75) is 50.4 Å². The Balaban J connectivity index is 1.50. The second-order valence-electron chi connectivity index (χ2n) is 8.28. The molecule has 0 aromatic carbocycles. The quantitative estimate of drug-likeness (QED) is 0.613. The molecule has 1 aromatic heterocycles. The highest BCUT2D eigenvalue weighted by Gasteiger charge is 2.31. The summed E-state index contributed by atoms with van der Waals surface area (Å²) >= 11 is 3.93. The first-order valence-electron chi connectivity index (χ1n) is 11.1. The van der Waals surface area contributed by atoms with Crippen molar-refractivity contribution in [3.05, 3.63) is 5.82 Å². The van der Waals surface area contributed by atoms with E-state index < -0.39 is 10.0 Å². The van der Waals surface area contributed by atoms with Gasteiger partial charge in [0.1, 0.15) is 0 Å². The molecule has 1 aromatic rings. The number of hydrogen-bond donors (Lipinski definition) is 1. The average molecular weight is 489 g/mol. The molecule has 0 aliphatic carbocycles. The highest BCUT2D eigenvalue weighted by Crippen LogP contribution is 2.28. The number of anilines is 1. The highest BCUT2D eigenvalue weighted by molar-refractivity contribution is 8.06. The maximum absolute atomic E-state index is 13.1. The summed E-state index contributed by atoms with van der Waals surface area (Å²) < 4.78 is 28.6. The molecule has 1 N–H and O–H groups in total. The Morgan fingerprint density at radius 3 is 2.52 bits per heavy atom. The van der Waals surface area contributed by atoms with Crippen LogP contribution in [0.1, 0.15) is 43.2 Å². The minimum atomic E-state index is -3.20. The van der Waals surface area contributed by atoms with Gasteiger partial charge in [0.25, 0.3) is 5.91 Å². The number of likely N-dealkylation sites (tertiary alicyclic amines) is 1. The monoisotopic (exact) mass is 488 g/mol. The summed E-state index contributed by atoms with van der Waals surface area (Å²) in [6.45, 7) is 5.35. The predicted molar refractivity (Wildman–Crippen MR) is 127 cm³/mol. The molecule has 3 aliphatic heterocycles. The van der Waals surface area contributed by atoms with Gasteiger partial charge in [-0.1, -0.05) is 0 Å². The summed E-state index contributed by atoms with van der Waals surface area (Å²) in [4.78, 5) is 17.2. The van der Waals surface area contributed by atoms with Gasteiger partial charge in [0, 0.05) is 61.3 Å². The normalized spacial score (nSPS) is 23.5. The van der Waals surface area contributed by atoms with Gasteiger partial charge in [-0.15, -0.1) is 10.2 Å². The van der Waals surface area contributed by atoms with Crippen molar-refractivity contribution < 1.29 is 13.2 Å². The van der Waals surface area contributed by atoms with E-state index in [0.29, 0.717) is 24.2 Å². The molecule has 3 aliphatic rings. The molecule has 4 rings (SSSR count). The first-order valence-corrected chi connectivity index (χ1v) is 15.0. The molecule has 1 atom stereocenters. The second-order valence-corrected chi connectivity index (χ2v) is 12.9. The molecule has 3 fully saturated rings. The maximum Gasteiger partial charge on any atom is 0.291 e. The van der Waals surface area contributed by atoms with Crippen LogP contribution < -0.4 is 9.62 Å². The highest BCUT2D eigenvalue weighted by atomic mass is 32.2. The van der Waals surface area contributed by atoms with Gasteiger partial charge in [-0.3, -0.25) is 9.36 Å². The summed E-state index contributed by atoms with van der Waals surface area (Å²) in [5, 5.41) is 9.23. The fourth-order valence-corrected chi connectivity index (χ4v) is 7.86. The molecule has 1 unspecified atom stereocenters. The van der Waals surface area contributed by atoms with Crippen molar-refractivity contribution in [1.29, 1.82) is 0 Å². The van der Waals surface area contributed by atoms with E-state index in [4.69, 9.17) is 0 Å². The van der Waals surface area contributed by atoms with Gasteiger partial charge in [0.15, 0.2) is 0 Å². The number of carbonyl (C=O) groups excluding carboxylic acids is 1. The van der Waals surface area contributed by atoms with Gasteiger partial charge < -0.3 is 9.80 Å². The van der Waals surface area contributed by atoms with Crippen molar-refractivity contribution in [1.82, 2.24) is 24.4 Å². The van der Waals surface area contributed by atoms with Crippen LogP contribution in [0.5, 0.6) is 0 Å². The van der Waals surface area contributed by atoms with Gasteiger partial charge in [0.05, 0.1) is 5.75 Å². The maximum atomic E-state index is 13.1. The zero-order chi connectivity index (χ0) is 21.8. The predicted octanol–water partition coefficient (Wildman–Crippen LogP) is 1.27. The van der Waals surface area contributed by atoms with Crippen LogP contribution in [0.2, 0.25) is 0 Å². The van der Waals surface area contributed by atoms with Crippen LogP contribution in [0, 0.1) is 0 Å². The van der Waals surface area contributed by atoms with E-state index in [1.807, 2.05) is 33.0 Å². The van der Waals surface area contributed by atoms with Gasteiger partial charge >= 0.3 is 0 Å². The summed E-state index contributed by atoms with van der Waals surface area (Å²) in [7, 11) is -3.20. The lowest BCUT2D eigenvalue weighted by Gasteiger charge is -2.33. The number of nitrogens with zero attached hydrogens (tertiary/aromatic N) is 5. The third kappa shape index (κ3) is 5.69. The van der Waals surface area contributed by atoms with Crippen molar-refractivity contribution in [2.24, 2.45) is 0 Å². The van der Waals surface area contributed by atoms with E-state index in [2.05, 4.69) is 19.8 Å². The van der Waals surface area contributed by atoms with Crippen LogP contribution in [0.4, 0.5) is 5.95 Å². The van der Waals surface area contributed by atoms with Crippen LogP contribution in [-0.2, 0) is 16.6 Å². The molecule has 4 heterocycles. The Hall–Kier alpha value is -0.980. The number of thioether (sulfide) groups is 2. The molecule has 0 bridgehead atoms. The Labute approximate surface area is 193 Å². The summed E-state index contributed by atoms with van der Waals surface area (Å²) in [5.41, 5.74) is 0. The minimum absolute atomic E-state index is 0.0182. The lowest BCUT2D eigenvalue weighted by molar-refractivity contribution is 0.0775. The Kier molecular flexibility index (Phi) is 7.71. The number of hydrogen-bond acceptors (Lipinski definition) is 8. The second kappa shape index (κ2) is 10.3. The minimum Gasteiger partial charge on any atom is -0.341 e. The third-order valence-electron chi connectivity index (χ3n) is 6.09. The first kappa shape index (κ1) is 23.2. The average Bonchev–Trinajstić information content (AvgIpc) is 3.45. The van der Waals surface area contributed by atoms with E-state index in [-0.39, 0.29) is 17.7 Å². The molecule has 174 valence electrons. The number of amides is 1. The summed E-state index contributed by atoms with van der Waals surface area (Å²) in [6.07, 6.45) is 3.52. The zero-order valence-electron chi connectivity index (χ0n) is 18.0. The molecule has 0 radical (unpaired) electrons. The Morgan fingerprint density at radius 2 is 1.87 bits per heavy atom. The first-order chi connectivity index (χ1) is 15.0. The molecule has 1 amide bonds. The lowest BCUT2D eigenvalue weighted by atomic mass is 10.1. The molecule has 3 saturated heterocycles. The van der Waals surface area contributed by atoms with E-state index in [9.17, 15) is 13.2 Å². The van der Waals surface area contributed by atoms with E-state index in [0.717, 1.165) is 62.8 Å². The number of rotatable bonds is 7. The smallest absolute Gasteiger partial charge is 0.291 e. The Morgan fingerprint density at radius 1 is 1.13 bits per heavy atom. The zero-order valence-corrected chi connectivity index (χ0v) is 20.5. The van der Waals surface area contributed by atoms with Crippen LogP contribution in [0.25, 0.3) is 0 Å². The molecule has 12 heteroatoms. The third-order valence-corrected chi connectivity index (χ3v) is 10.4. The van der Waals surface area contributed by atoms with Gasteiger partial charge in [-0.2, -0.15) is 23.5 Å². The summed E-state index contributed by atoms with van der Waals surface area (Å²) in [5.74, 6) is 4.65. The topological polar surface area (TPSA) is 100 Å². The van der Waals surface area contributed by atoms with Gasteiger partial charge in [0.2, 0.25) is 21.8 Å². The lowest BCUT2D eigenvalue weighted by Crippen LogP contribution is -2.46. The van der Waals surface area contributed by atoms with Gasteiger partial charge in [-0.05, 0) is 32.6 Å². The number of sulfonamides is 1. The molecular formula is C19H32N6O3S3. The largest absolute Gasteiger partial charge is 0.341 e. The van der Waals surface area contributed by atoms with Crippen molar-refractivity contribution in [2.75, 3.05) is 54.1 Å². The molecule has 0 saturated carbocycles. The van der Waals surface area contributed by atoms with Crippen LogP contribution >= 0.6 is 23.5 Å². The SMILES string of the molecule is CCS(=O)(=O)NC1CCN(c2nnc(C(=O)N3CCCC3)n2CC2CSCCS2)CC1. The number of piperidine rings is 1. The number of carbonyl (C=O) groups is 1. The fraction of sp³-hybridized carbons (Fsp3) is 0.842.